The van der Waals surface area contributed by atoms with Gasteiger partial charge in [-0.05, 0) is 23.8 Å². The van der Waals surface area contributed by atoms with E-state index in [-0.39, 0.29) is 5.69 Å². The molecule has 0 saturated heterocycles. The molecule has 138 valence electrons. The first-order valence-electron chi connectivity index (χ1n) is 8.28. The van der Waals surface area contributed by atoms with Gasteiger partial charge < -0.3 is 14.8 Å². The summed E-state index contributed by atoms with van der Waals surface area (Å²) >= 11 is 0. The normalized spacial score (nSPS) is 10.3. The summed E-state index contributed by atoms with van der Waals surface area (Å²) in [6, 6.07) is 17.8. The van der Waals surface area contributed by atoms with Crippen molar-refractivity contribution in [3.05, 3.63) is 76.3 Å². The minimum Gasteiger partial charge on any atom is -0.493 e. The van der Waals surface area contributed by atoms with Gasteiger partial charge in [-0.25, -0.2) is 4.98 Å². The number of methoxy groups -OCH3 is 2. The second-order valence-corrected chi connectivity index (χ2v) is 5.73. The number of benzene rings is 2. The Balaban J connectivity index is 1.85. The standard InChI is InChI=1S/C20H19N3O4/c1-26-17-10-8-14(12-18(17)27-2)13-21-19-11-9-16(23(24)25)20(22-19)15-6-4-3-5-7-15/h3-12H,13H2,1-2H3,(H,21,22). The molecule has 0 bridgehead atoms. The van der Waals surface area contributed by atoms with Gasteiger partial charge in [0.25, 0.3) is 5.69 Å². The van der Waals surface area contributed by atoms with Crippen molar-refractivity contribution in [3.8, 4) is 22.8 Å². The predicted octanol–water partition coefficient (Wildman–Crippen LogP) is 4.29. The van der Waals surface area contributed by atoms with E-state index in [1.54, 1.807) is 32.4 Å². The van der Waals surface area contributed by atoms with E-state index in [0.717, 1.165) is 5.56 Å². The zero-order valence-electron chi connectivity index (χ0n) is 15.0. The molecule has 0 unspecified atom stereocenters. The molecule has 0 aliphatic heterocycles. The van der Waals surface area contributed by atoms with Crippen LogP contribution in [-0.2, 0) is 6.54 Å². The molecule has 1 N–H and O–H groups in total. The predicted molar refractivity (Wildman–Crippen MR) is 103 cm³/mol. The molecule has 27 heavy (non-hydrogen) atoms. The fourth-order valence-electron chi connectivity index (χ4n) is 2.69. The van der Waals surface area contributed by atoms with Gasteiger partial charge in [0.1, 0.15) is 5.82 Å². The number of nitrogens with zero attached hydrogens (tertiary/aromatic N) is 2. The molecule has 0 radical (unpaired) electrons. The average molecular weight is 365 g/mol. The molecule has 1 heterocycles. The number of ether oxygens (including phenoxy) is 2. The van der Waals surface area contributed by atoms with E-state index in [1.165, 1.54) is 6.07 Å². The molecule has 3 rings (SSSR count). The summed E-state index contributed by atoms with van der Waals surface area (Å²) in [7, 11) is 3.17. The summed E-state index contributed by atoms with van der Waals surface area (Å²) in [5.74, 6) is 1.84. The number of pyridine rings is 1. The van der Waals surface area contributed by atoms with Gasteiger partial charge in [0.15, 0.2) is 17.2 Å². The monoisotopic (exact) mass is 365 g/mol. The van der Waals surface area contributed by atoms with Crippen molar-refractivity contribution in [3.63, 3.8) is 0 Å². The number of aromatic nitrogens is 1. The summed E-state index contributed by atoms with van der Waals surface area (Å²) in [4.78, 5) is 15.4. The number of hydrogen-bond donors (Lipinski definition) is 1. The number of nitrogens with one attached hydrogen (secondary N) is 1. The highest BCUT2D eigenvalue weighted by Crippen LogP contribution is 2.30. The lowest BCUT2D eigenvalue weighted by atomic mass is 10.1. The topological polar surface area (TPSA) is 86.5 Å². The van der Waals surface area contributed by atoms with E-state index < -0.39 is 4.92 Å². The largest absolute Gasteiger partial charge is 0.493 e. The summed E-state index contributed by atoms with van der Waals surface area (Å²) in [6.07, 6.45) is 0. The van der Waals surface area contributed by atoms with E-state index in [0.29, 0.717) is 35.1 Å². The van der Waals surface area contributed by atoms with E-state index in [9.17, 15) is 10.1 Å². The third kappa shape index (κ3) is 4.14. The molecule has 0 aliphatic rings. The Bertz CT molecular complexity index is 945. The van der Waals surface area contributed by atoms with Crippen molar-refractivity contribution >= 4 is 11.5 Å². The van der Waals surface area contributed by atoms with Crippen LogP contribution in [0.3, 0.4) is 0 Å². The maximum absolute atomic E-state index is 11.3. The molecule has 0 atom stereocenters. The molecular weight excluding hydrogens is 346 g/mol. The Kier molecular flexibility index (Phi) is 5.51. The molecule has 7 nitrogen and oxygen atoms in total. The highest BCUT2D eigenvalue weighted by atomic mass is 16.6. The van der Waals surface area contributed by atoms with Crippen LogP contribution in [0, 0.1) is 10.1 Å². The van der Waals surface area contributed by atoms with Gasteiger partial charge in [0, 0.05) is 18.2 Å². The van der Waals surface area contributed by atoms with E-state index in [2.05, 4.69) is 10.3 Å². The van der Waals surface area contributed by atoms with Gasteiger partial charge in [0.05, 0.1) is 19.1 Å². The fourth-order valence-corrected chi connectivity index (χ4v) is 2.69. The lowest BCUT2D eigenvalue weighted by molar-refractivity contribution is -0.384. The molecule has 3 aromatic rings. The summed E-state index contributed by atoms with van der Waals surface area (Å²) < 4.78 is 10.5. The maximum atomic E-state index is 11.3. The molecule has 0 spiro atoms. The summed E-state index contributed by atoms with van der Waals surface area (Å²) in [5, 5.41) is 14.5. The lowest BCUT2D eigenvalue weighted by Crippen LogP contribution is -2.04. The molecule has 2 aromatic carbocycles. The van der Waals surface area contributed by atoms with Crippen LogP contribution in [0.4, 0.5) is 11.5 Å². The van der Waals surface area contributed by atoms with E-state index in [1.807, 2.05) is 36.4 Å². The highest BCUT2D eigenvalue weighted by Gasteiger charge is 2.17. The first kappa shape index (κ1) is 18.2. The number of nitro groups is 1. The van der Waals surface area contributed by atoms with Gasteiger partial charge in [-0.3, -0.25) is 10.1 Å². The van der Waals surface area contributed by atoms with Crippen LogP contribution in [0.25, 0.3) is 11.3 Å². The first-order valence-corrected chi connectivity index (χ1v) is 8.28. The number of anilines is 1. The Morgan fingerprint density at radius 3 is 2.41 bits per heavy atom. The zero-order valence-corrected chi connectivity index (χ0v) is 15.0. The van der Waals surface area contributed by atoms with Gasteiger partial charge in [-0.15, -0.1) is 0 Å². The number of hydrogen-bond acceptors (Lipinski definition) is 6. The summed E-state index contributed by atoms with van der Waals surface area (Å²) in [5.41, 5.74) is 1.96. The zero-order chi connectivity index (χ0) is 19.2. The average Bonchev–Trinajstić information content (AvgIpc) is 2.72. The van der Waals surface area contributed by atoms with E-state index in [4.69, 9.17) is 9.47 Å². The number of rotatable bonds is 7. The van der Waals surface area contributed by atoms with E-state index >= 15 is 0 Å². The maximum Gasteiger partial charge on any atom is 0.295 e. The van der Waals surface area contributed by atoms with Crippen LogP contribution >= 0.6 is 0 Å². The van der Waals surface area contributed by atoms with Crippen molar-refractivity contribution in [2.45, 2.75) is 6.54 Å². The third-order valence-electron chi connectivity index (χ3n) is 4.04. The Morgan fingerprint density at radius 2 is 1.74 bits per heavy atom. The summed E-state index contributed by atoms with van der Waals surface area (Å²) in [6.45, 7) is 0.486. The molecule has 0 fully saturated rings. The smallest absolute Gasteiger partial charge is 0.295 e. The molecule has 0 aliphatic carbocycles. The molecule has 7 heteroatoms. The van der Waals surface area contributed by atoms with Crippen molar-refractivity contribution in [1.82, 2.24) is 4.98 Å². The Morgan fingerprint density at radius 1 is 1.00 bits per heavy atom. The third-order valence-corrected chi connectivity index (χ3v) is 4.04. The second kappa shape index (κ2) is 8.18. The minimum atomic E-state index is -0.423. The van der Waals surface area contributed by atoms with Gasteiger partial charge in [-0.2, -0.15) is 0 Å². The SMILES string of the molecule is COc1ccc(CNc2ccc([N+](=O)[O-])c(-c3ccccc3)n2)cc1OC. The lowest BCUT2D eigenvalue weighted by Gasteiger charge is -2.11. The fraction of sp³-hybridized carbons (Fsp3) is 0.150. The van der Waals surface area contributed by atoms with Crippen LogP contribution in [0.1, 0.15) is 5.56 Å². The van der Waals surface area contributed by atoms with Crippen molar-refractivity contribution in [1.29, 1.82) is 0 Å². The molecule has 0 saturated carbocycles. The van der Waals surface area contributed by atoms with Crippen LogP contribution < -0.4 is 14.8 Å². The van der Waals surface area contributed by atoms with Gasteiger partial charge in [-0.1, -0.05) is 36.4 Å². The molecule has 0 amide bonds. The van der Waals surface area contributed by atoms with Crippen molar-refractivity contribution in [2.24, 2.45) is 0 Å². The minimum absolute atomic E-state index is 0.0298. The quantitative estimate of drug-likeness (QED) is 0.497. The van der Waals surface area contributed by atoms with Crippen molar-refractivity contribution in [2.75, 3.05) is 19.5 Å². The Hall–Kier alpha value is -3.61. The molecular formula is C20H19N3O4. The van der Waals surface area contributed by atoms with Crippen molar-refractivity contribution < 1.29 is 14.4 Å². The van der Waals surface area contributed by atoms with Crippen LogP contribution in [0.15, 0.2) is 60.7 Å². The van der Waals surface area contributed by atoms with Gasteiger partial charge in [0.2, 0.25) is 0 Å². The van der Waals surface area contributed by atoms with Crippen LogP contribution in [0.2, 0.25) is 0 Å². The first-order chi connectivity index (χ1) is 13.1. The second-order valence-electron chi connectivity index (χ2n) is 5.73. The van der Waals surface area contributed by atoms with Gasteiger partial charge >= 0.3 is 0 Å². The van der Waals surface area contributed by atoms with Crippen LogP contribution in [-0.4, -0.2) is 24.1 Å². The highest BCUT2D eigenvalue weighted by molar-refractivity contribution is 5.71. The van der Waals surface area contributed by atoms with Crippen LogP contribution in [0.5, 0.6) is 11.5 Å². The molecule has 1 aromatic heterocycles. The Labute approximate surface area is 156 Å².